The number of halogens is 3. The number of carbonyl (C=O) groups excluding carboxylic acids is 4. The monoisotopic (exact) mass is 607 g/mol. The number of unbranched alkanes of at least 4 members (excludes halogenated alkanes) is 1. The Balaban J connectivity index is 2.08. The van der Waals surface area contributed by atoms with E-state index in [-0.39, 0.29) is 51.8 Å². The van der Waals surface area contributed by atoms with Crippen molar-refractivity contribution in [3.8, 4) is 0 Å². The van der Waals surface area contributed by atoms with Crippen molar-refractivity contribution in [2.24, 2.45) is 0 Å². The summed E-state index contributed by atoms with van der Waals surface area (Å²) in [7, 11) is 0. The van der Waals surface area contributed by atoms with E-state index in [9.17, 15) is 23.6 Å². The molecule has 0 heterocycles. The molecule has 7 nitrogen and oxygen atoms in total. The van der Waals surface area contributed by atoms with Crippen molar-refractivity contribution < 1.29 is 37.4 Å². The maximum atomic E-state index is 15.5. The molecule has 0 aliphatic heterocycles. The number of rotatable bonds is 11. The van der Waals surface area contributed by atoms with Crippen molar-refractivity contribution in [3.63, 3.8) is 0 Å². The van der Waals surface area contributed by atoms with Crippen LogP contribution in [-0.4, -0.2) is 42.2 Å². The molecule has 2 aromatic rings. The number of nitrogens with zero attached hydrogens (tertiary/aromatic N) is 1. The van der Waals surface area contributed by atoms with Crippen LogP contribution >= 0.6 is 23.4 Å². The Bertz CT molecular complexity index is 1350. The first kappa shape index (κ1) is 32.3. The Labute approximate surface area is 247 Å². The fourth-order valence-electron chi connectivity index (χ4n) is 4.16. The van der Waals surface area contributed by atoms with Crippen molar-refractivity contribution in [1.82, 2.24) is 0 Å². The minimum Gasteiger partial charge on any atom is -0.465 e. The average Bonchev–Trinajstić information content (AvgIpc) is 2.93. The third kappa shape index (κ3) is 8.63. The van der Waals surface area contributed by atoms with Gasteiger partial charge in [-0.2, -0.15) is 0 Å². The Morgan fingerprint density at radius 2 is 1.73 bits per heavy atom. The van der Waals surface area contributed by atoms with Gasteiger partial charge in [-0.15, -0.1) is 11.8 Å². The van der Waals surface area contributed by atoms with Crippen molar-refractivity contribution in [2.75, 3.05) is 17.3 Å². The van der Waals surface area contributed by atoms with Gasteiger partial charge in [0.25, 0.3) is 11.8 Å². The zero-order valence-corrected chi connectivity index (χ0v) is 24.7. The first-order valence-corrected chi connectivity index (χ1v) is 14.7. The minimum absolute atomic E-state index is 0.0229. The van der Waals surface area contributed by atoms with Crippen molar-refractivity contribution >= 4 is 52.8 Å². The molecular formula is C30H32ClF2NO6S. The van der Waals surface area contributed by atoms with E-state index in [0.717, 1.165) is 36.4 Å². The molecule has 0 aromatic heterocycles. The molecule has 0 fully saturated rings. The van der Waals surface area contributed by atoms with Gasteiger partial charge in [-0.1, -0.05) is 31.0 Å². The van der Waals surface area contributed by atoms with E-state index in [0.29, 0.717) is 24.2 Å². The van der Waals surface area contributed by atoms with Gasteiger partial charge in [0.2, 0.25) is 0 Å². The third-order valence-corrected chi connectivity index (χ3v) is 7.60. The lowest BCUT2D eigenvalue weighted by atomic mass is 9.90. The van der Waals surface area contributed by atoms with Gasteiger partial charge < -0.3 is 9.47 Å². The van der Waals surface area contributed by atoms with Gasteiger partial charge in [0.15, 0.2) is 0 Å². The number of carbonyl (C=O) groups is 4. The van der Waals surface area contributed by atoms with Crippen LogP contribution in [0.5, 0.6) is 0 Å². The number of imide groups is 1. The highest BCUT2D eigenvalue weighted by Crippen LogP contribution is 2.36. The fourth-order valence-corrected chi connectivity index (χ4v) is 5.22. The molecule has 0 unspecified atom stereocenters. The topological polar surface area (TPSA) is 90.0 Å². The fraction of sp³-hybridized carbons (Fsp3) is 0.400. The van der Waals surface area contributed by atoms with Crippen LogP contribution in [0.15, 0.2) is 52.4 Å². The van der Waals surface area contributed by atoms with Gasteiger partial charge in [-0.05, 0) is 76.3 Å². The molecule has 3 rings (SSSR count). The predicted octanol–water partition coefficient (Wildman–Crippen LogP) is 7.05. The van der Waals surface area contributed by atoms with E-state index in [1.807, 2.05) is 6.92 Å². The van der Waals surface area contributed by atoms with Crippen molar-refractivity contribution in [1.29, 1.82) is 0 Å². The summed E-state index contributed by atoms with van der Waals surface area (Å²) in [6.07, 6.45) is 2.71. The molecule has 2 amide bonds. The molecule has 220 valence electrons. The molecule has 0 saturated carbocycles. The molecule has 41 heavy (non-hydrogen) atoms. The Kier molecular flexibility index (Phi) is 11.9. The Morgan fingerprint density at radius 3 is 2.39 bits per heavy atom. The molecule has 11 heteroatoms. The van der Waals surface area contributed by atoms with E-state index in [2.05, 4.69) is 0 Å². The maximum Gasteiger partial charge on any atom is 0.334 e. The lowest BCUT2D eigenvalue weighted by Crippen LogP contribution is -2.40. The van der Waals surface area contributed by atoms with Crippen LogP contribution in [0.2, 0.25) is 5.02 Å². The number of thioether (sulfide) groups is 1. The summed E-state index contributed by atoms with van der Waals surface area (Å²) in [6.45, 7) is 5.56. The molecule has 0 bridgehead atoms. The number of esters is 2. The highest BCUT2D eigenvalue weighted by molar-refractivity contribution is 8.00. The third-order valence-electron chi connectivity index (χ3n) is 6.14. The quantitative estimate of drug-likeness (QED) is 0.117. The molecule has 0 spiro atoms. The average molecular weight is 608 g/mol. The smallest absolute Gasteiger partial charge is 0.334 e. The SMILES string of the molecule is CCCCOC(=O)CSc1cc(N(C(=O)C2=C(C(=O)OC(C)C)CCCC2)C(=O)c2cccc(F)c2)c(F)cc1Cl. The van der Waals surface area contributed by atoms with E-state index in [1.54, 1.807) is 13.8 Å². The summed E-state index contributed by atoms with van der Waals surface area (Å²) in [4.78, 5) is 53.5. The molecule has 1 aliphatic rings. The highest BCUT2D eigenvalue weighted by atomic mass is 35.5. The zero-order chi connectivity index (χ0) is 30.1. The second-order valence-electron chi connectivity index (χ2n) is 9.67. The van der Waals surface area contributed by atoms with Crippen LogP contribution in [-0.2, 0) is 23.9 Å². The normalized spacial score (nSPS) is 13.2. The van der Waals surface area contributed by atoms with Gasteiger partial charge >= 0.3 is 11.9 Å². The summed E-state index contributed by atoms with van der Waals surface area (Å²) in [5.74, 6) is -4.98. The number of ether oxygens (including phenoxy) is 2. The Morgan fingerprint density at radius 1 is 1.02 bits per heavy atom. The zero-order valence-electron chi connectivity index (χ0n) is 23.1. The van der Waals surface area contributed by atoms with Gasteiger partial charge in [-0.3, -0.25) is 14.4 Å². The maximum absolute atomic E-state index is 15.5. The number of hydrogen-bond donors (Lipinski definition) is 0. The number of anilines is 1. The van der Waals surface area contributed by atoms with Crippen molar-refractivity contribution in [3.05, 3.63) is 69.8 Å². The standard InChI is InChI=1S/C30H32ClF2NO6S/c1-4-5-13-39-27(35)17-41-26-16-25(24(33)15-23(26)31)34(28(36)19-9-8-10-20(32)14-19)29(37)21-11-6-7-12-22(21)30(38)40-18(2)3/h8-10,14-16,18H,4-7,11-13,17H2,1-3H3. The molecular weight excluding hydrogens is 576 g/mol. The summed E-state index contributed by atoms with van der Waals surface area (Å²) < 4.78 is 40.0. The molecule has 0 saturated heterocycles. The van der Waals surface area contributed by atoms with Crippen LogP contribution in [0, 0.1) is 11.6 Å². The first-order chi connectivity index (χ1) is 19.5. The largest absolute Gasteiger partial charge is 0.465 e. The van der Waals surface area contributed by atoms with Crippen LogP contribution in [0.1, 0.15) is 69.7 Å². The van der Waals surface area contributed by atoms with Crippen LogP contribution in [0.4, 0.5) is 14.5 Å². The minimum atomic E-state index is -1.000. The van der Waals surface area contributed by atoms with Crippen molar-refractivity contribution in [2.45, 2.75) is 70.3 Å². The number of benzene rings is 2. The van der Waals surface area contributed by atoms with Gasteiger partial charge in [0, 0.05) is 21.6 Å². The summed E-state index contributed by atoms with van der Waals surface area (Å²) >= 11 is 7.21. The molecule has 0 N–H and O–H groups in total. The lowest BCUT2D eigenvalue weighted by molar-refractivity contribution is -0.143. The van der Waals surface area contributed by atoms with E-state index >= 15 is 4.39 Å². The Hall–Kier alpha value is -3.24. The van der Waals surface area contributed by atoms with Crippen LogP contribution < -0.4 is 4.90 Å². The van der Waals surface area contributed by atoms with Crippen LogP contribution in [0.3, 0.4) is 0 Å². The summed E-state index contributed by atoms with van der Waals surface area (Å²) in [5.41, 5.74) is -0.519. The molecule has 1 aliphatic carbocycles. The summed E-state index contributed by atoms with van der Waals surface area (Å²) in [5, 5.41) is -0.0405. The highest BCUT2D eigenvalue weighted by Gasteiger charge is 2.34. The van der Waals surface area contributed by atoms with Gasteiger partial charge in [0.05, 0.1) is 29.2 Å². The second-order valence-corrected chi connectivity index (χ2v) is 11.1. The van der Waals surface area contributed by atoms with E-state index in [1.165, 1.54) is 18.2 Å². The molecule has 0 radical (unpaired) electrons. The predicted molar refractivity (Wildman–Crippen MR) is 153 cm³/mol. The number of amides is 2. The first-order valence-electron chi connectivity index (χ1n) is 13.4. The molecule has 0 atom stereocenters. The second kappa shape index (κ2) is 15.1. The van der Waals surface area contributed by atoms with Crippen LogP contribution in [0.25, 0.3) is 0 Å². The van der Waals surface area contributed by atoms with Gasteiger partial charge in [0.1, 0.15) is 11.6 Å². The molecule has 2 aromatic carbocycles. The summed E-state index contributed by atoms with van der Waals surface area (Å²) in [6, 6.07) is 6.77. The lowest BCUT2D eigenvalue weighted by Gasteiger charge is -2.27. The number of hydrogen-bond acceptors (Lipinski definition) is 7. The van der Waals surface area contributed by atoms with E-state index in [4.69, 9.17) is 21.1 Å². The van der Waals surface area contributed by atoms with E-state index < -0.39 is 47.2 Å². The van der Waals surface area contributed by atoms with Gasteiger partial charge in [-0.25, -0.2) is 18.5 Å².